The summed E-state index contributed by atoms with van der Waals surface area (Å²) in [6.07, 6.45) is 0. The summed E-state index contributed by atoms with van der Waals surface area (Å²) in [6.45, 7) is 0.493. The fourth-order valence-corrected chi connectivity index (χ4v) is 1.81. The standard InChI is InChI=1S/C13H17ClN2O5/c1-21-7-5-16(4-6-17)13(20)15-11-3-2-9(14)8-10(11)12(18)19/h2-3,8,17H,4-7H2,1H3,(H,15,20)(H,18,19). The second-order valence-electron chi connectivity index (χ2n) is 4.13. The molecule has 0 radical (unpaired) electrons. The van der Waals surface area contributed by atoms with E-state index in [1.807, 2.05) is 0 Å². The van der Waals surface area contributed by atoms with E-state index in [9.17, 15) is 9.59 Å². The Hall–Kier alpha value is -1.83. The third kappa shape index (κ3) is 5.22. The molecule has 0 aliphatic heterocycles. The molecule has 116 valence electrons. The molecule has 0 aromatic heterocycles. The molecular weight excluding hydrogens is 300 g/mol. The molecule has 3 N–H and O–H groups in total. The van der Waals surface area contributed by atoms with Crippen molar-refractivity contribution in [3.8, 4) is 0 Å². The zero-order chi connectivity index (χ0) is 15.8. The first-order valence-corrected chi connectivity index (χ1v) is 6.56. The van der Waals surface area contributed by atoms with E-state index in [2.05, 4.69) is 5.32 Å². The van der Waals surface area contributed by atoms with Crippen molar-refractivity contribution < 1.29 is 24.5 Å². The Morgan fingerprint density at radius 3 is 2.67 bits per heavy atom. The van der Waals surface area contributed by atoms with Crippen molar-refractivity contribution in [3.05, 3.63) is 28.8 Å². The van der Waals surface area contributed by atoms with Gasteiger partial charge in [0.1, 0.15) is 0 Å². The number of ether oxygens (including phenoxy) is 1. The van der Waals surface area contributed by atoms with E-state index in [1.54, 1.807) is 0 Å². The van der Waals surface area contributed by atoms with Gasteiger partial charge >= 0.3 is 12.0 Å². The number of nitrogens with zero attached hydrogens (tertiary/aromatic N) is 1. The molecule has 0 aliphatic carbocycles. The highest BCUT2D eigenvalue weighted by atomic mass is 35.5. The number of anilines is 1. The molecule has 0 unspecified atom stereocenters. The quantitative estimate of drug-likeness (QED) is 0.708. The number of halogens is 1. The molecule has 1 aromatic carbocycles. The molecule has 1 aromatic rings. The second-order valence-corrected chi connectivity index (χ2v) is 4.57. The molecule has 0 fully saturated rings. The lowest BCUT2D eigenvalue weighted by atomic mass is 10.2. The molecule has 0 heterocycles. The third-order valence-electron chi connectivity index (χ3n) is 2.68. The normalized spacial score (nSPS) is 10.2. The molecule has 2 amide bonds. The number of hydrogen-bond acceptors (Lipinski definition) is 4. The summed E-state index contributed by atoms with van der Waals surface area (Å²) in [7, 11) is 1.50. The van der Waals surface area contributed by atoms with Crippen LogP contribution in [0.2, 0.25) is 5.02 Å². The molecule has 0 spiro atoms. The van der Waals surface area contributed by atoms with Crippen LogP contribution in [0.5, 0.6) is 0 Å². The molecule has 0 saturated carbocycles. The highest BCUT2D eigenvalue weighted by Crippen LogP contribution is 2.21. The summed E-state index contributed by atoms with van der Waals surface area (Å²) in [5.74, 6) is -1.20. The Balaban J connectivity index is 2.87. The summed E-state index contributed by atoms with van der Waals surface area (Å²) in [5.41, 5.74) is 0.0313. The minimum absolute atomic E-state index is 0.105. The summed E-state index contributed by atoms with van der Waals surface area (Å²) < 4.78 is 4.88. The topological polar surface area (TPSA) is 99.1 Å². The average Bonchev–Trinajstić information content (AvgIpc) is 2.45. The molecule has 7 nitrogen and oxygen atoms in total. The Kier molecular flexibility index (Phi) is 6.93. The maximum atomic E-state index is 12.1. The summed E-state index contributed by atoms with van der Waals surface area (Å²) in [6, 6.07) is 3.63. The smallest absolute Gasteiger partial charge is 0.337 e. The van der Waals surface area contributed by atoms with Gasteiger partial charge in [-0.05, 0) is 18.2 Å². The van der Waals surface area contributed by atoms with Crippen molar-refractivity contribution in [1.82, 2.24) is 4.90 Å². The highest BCUT2D eigenvalue weighted by Gasteiger charge is 2.17. The first kappa shape index (κ1) is 17.2. The van der Waals surface area contributed by atoms with Gasteiger partial charge in [-0.15, -0.1) is 0 Å². The number of benzene rings is 1. The number of carbonyl (C=O) groups is 2. The number of carboxylic acid groups (broad SMARTS) is 1. The Morgan fingerprint density at radius 1 is 1.38 bits per heavy atom. The number of carbonyl (C=O) groups excluding carboxylic acids is 1. The van der Waals surface area contributed by atoms with E-state index in [0.29, 0.717) is 6.61 Å². The van der Waals surface area contributed by atoms with E-state index in [0.717, 1.165) is 0 Å². The van der Waals surface area contributed by atoms with Crippen molar-refractivity contribution in [3.63, 3.8) is 0 Å². The predicted molar refractivity (Wildman–Crippen MR) is 78.0 cm³/mol. The average molecular weight is 317 g/mol. The van der Waals surface area contributed by atoms with Gasteiger partial charge in [0, 0.05) is 25.2 Å². The van der Waals surface area contributed by atoms with E-state index in [4.69, 9.17) is 26.6 Å². The lowest BCUT2D eigenvalue weighted by Crippen LogP contribution is -2.39. The summed E-state index contributed by atoms with van der Waals surface area (Å²) >= 11 is 5.74. The van der Waals surface area contributed by atoms with Crippen LogP contribution in [0.3, 0.4) is 0 Å². The van der Waals surface area contributed by atoms with Gasteiger partial charge in [0.25, 0.3) is 0 Å². The zero-order valence-electron chi connectivity index (χ0n) is 11.5. The Labute approximate surface area is 127 Å². The number of nitrogens with one attached hydrogen (secondary N) is 1. The lowest BCUT2D eigenvalue weighted by molar-refractivity contribution is 0.0698. The molecule has 0 saturated heterocycles. The second kappa shape index (κ2) is 8.46. The zero-order valence-corrected chi connectivity index (χ0v) is 12.3. The van der Waals surface area contributed by atoms with Crippen LogP contribution in [0.1, 0.15) is 10.4 Å². The maximum Gasteiger partial charge on any atom is 0.337 e. The fourth-order valence-electron chi connectivity index (χ4n) is 1.63. The monoisotopic (exact) mass is 316 g/mol. The number of rotatable bonds is 7. The van der Waals surface area contributed by atoms with Crippen LogP contribution in [-0.4, -0.2) is 60.5 Å². The van der Waals surface area contributed by atoms with E-state index in [-0.39, 0.29) is 36.0 Å². The first-order valence-electron chi connectivity index (χ1n) is 6.18. The van der Waals surface area contributed by atoms with Crippen molar-refractivity contribution in [1.29, 1.82) is 0 Å². The fraction of sp³-hybridized carbons (Fsp3) is 0.385. The van der Waals surface area contributed by atoms with Crippen LogP contribution in [-0.2, 0) is 4.74 Å². The van der Waals surface area contributed by atoms with Gasteiger partial charge in [0.2, 0.25) is 0 Å². The maximum absolute atomic E-state index is 12.1. The van der Waals surface area contributed by atoms with Crippen molar-refractivity contribution >= 4 is 29.3 Å². The van der Waals surface area contributed by atoms with Crippen molar-refractivity contribution in [2.45, 2.75) is 0 Å². The molecule has 0 aliphatic rings. The molecule has 8 heteroatoms. The molecule has 21 heavy (non-hydrogen) atoms. The minimum Gasteiger partial charge on any atom is -0.478 e. The minimum atomic E-state index is -1.20. The Bertz CT molecular complexity index is 509. The SMILES string of the molecule is COCCN(CCO)C(=O)Nc1ccc(Cl)cc1C(=O)O. The number of aliphatic hydroxyl groups is 1. The number of carboxylic acids is 1. The third-order valence-corrected chi connectivity index (χ3v) is 2.91. The van der Waals surface area contributed by atoms with Gasteiger partial charge in [0.15, 0.2) is 0 Å². The predicted octanol–water partition coefficient (Wildman–Crippen LogP) is 1.51. The van der Waals surface area contributed by atoms with Gasteiger partial charge in [-0.1, -0.05) is 11.6 Å². The number of hydrogen-bond donors (Lipinski definition) is 3. The van der Waals surface area contributed by atoms with Crippen LogP contribution in [0.25, 0.3) is 0 Å². The van der Waals surface area contributed by atoms with Gasteiger partial charge in [-0.2, -0.15) is 0 Å². The van der Waals surface area contributed by atoms with E-state index < -0.39 is 12.0 Å². The van der Waals surface area contributed by atoms with E-state index >= 15 is 0 Å². The van der Waals surface area contributed by atoms with Gasteiger partial charge in [-0.3, -0.25) is 0 Å². The number of aliphatic hydroxyl groups excluding tert-OH is 1. The van der Waals surface area contributed by atoms with Crippen LogP contribution >= 0.6 is 11.6 Å². The number of methoxy groups -OCH3 is 1. The molecule has 1 rings (SSSR count). The number of aromatic carboxylic acids is 1. The van der Waals surface area contributed by atoms with Crippen molar-refractivity contribution in [2.24, 2.45) is 0 Å². The van der Waals surface area contributed by atoms with Gasteiger partial charge < -0.3 is 25.2 Å². The Morgan fingerprint density at radius 2 is 2.10 bits per heavy atom. The highest BCUT2D eigenvalue weighted by molar-refractivity contribution is 6.31. The van der Waals surface area contributed by atoms with Gasteiger partial charge in [0.05, 0.1) is 24.5 Å². The van der Waals surface area contributed by atoms with Crippen molar-refractivity contribution in [2.75, 3.05) is 38.7 Å². The van der Waals surface area contributed by atoms with Crippen LogP contribution in [0.4, 0.5) is 10.5 Å². The lowest BCUT2D eigenvalue weighted by Gasteiger charge is -2.22. The summed E-state index contributed by atoms with van der Waals surface area (Å²) in [4.78, 5) is 24.6. The van der Waals surface area contributed by atoms with Gasteiger partial charge in [-0.25, -0.2) is 9.59 Å². The van der Waals surface area contributed by atoms with Crippen LogP contribution in [0.15, 0.2) is 18.2 Å². The van der Waals surface area contributed by atoms with Crippen LogP contribution in [0, 0.1) is 0 Å². The number of urea groups is 1. The van der Waals surface area contributed by atoms with Crippen LogP contribution < -0.4 is 5.32 Å². The molecule has 0 atom stereocenters. The largest absolute Gasteiger partial charge is 0.478 e. The molecule has 0 bridgehead atoms. The van der Waals surface area contributed by atoms with E-state index in [1.165, 1.54) is 30.2 Å². The first-order chi connectivity index (χ1) is 9.99. The summed E-state index contributed by atoms with van der Waals surface area (Å²) in [5, 5.41) is 20.8. The number of amides is 2. The molecular formula is C13H17ClN2O5.